The summed E-state index contributed by atoms with van der Waals surface area (Å²) in [4.78, 5) is 28.8. The Hall–Kier alpha value is -1.59. The van der Waals surface area contributed by atoms with Crippen LogP contribution in [-0.2, 0) is 9.59 Å². The second kappa shape index (κ2) is 11.6. The van der Waals surface area contributed by atoms with Crippen LogP contribution in [0.15, 0.2) is 35.2 Å². The zero-order chi connectivity index (χ0) is 20.5. The van der Waals surface area contributed by atoms with Gasteiger partial charge in [0, 0.05) is 11.8 Å². The van der Waals surface area contributed by atoms with E-state index in [1.54, 1.807) is 4.90 Å². The van der Waals surface area contributed by atoms with Crippen molar-refractivity contribution in [3.8, 4) is 0 Å². The molecule has 1 fully saturated rings. The first-order chi connectivity index (χ1) is 14.2. The number of hydrogen-bond donors (Lipinski definition) is 1. The Morgan fingerprint density at radius 2 is 1.38 bits per heavy atom. The minimum Gasteiger partial charge on any atom is -0.396 e. The number of rotatable bonds is 5. The van der Waals surface area contributed by atoms with Crippen molar-refractivity contribution in [2.24, 2.45) is 0 Å². The minimum atomic E-state index is -0.163. The maximum Gasteiger partial charge on any atom is 0.268 e. The van der Waals surface area contributed by atoms with Crippen molar-refractivity contribution >= 4 is 29.1 Å². The lowest BCUT2D eigenvalue weighted by molar-refractivity contribution is -0.139. The van der Waals surface area contributed by atoms with Crippen LogP contribution in [0.3, 0.4) is 0 Å². The van der Waals surface area contributed by atoms with Gasteiger partial charge in [0.15, 0.2) is 0 Å². The third-order valence-corrected chi connectivity index (χ3v) is 6.97. The van der Waals surface area contributed by atoms with E-state index < -0.39 is 0 Å². The van der Waals surface area contributed by atoms with E-state index in [1.807, 2.05) is 30.3 Å². The Bertz CT molecular complexity index is 704. The smallest absolute Gasteiger partial charge is 0.268 e. The summed E-state index contributed by atoms with van der Waals surface area (Å²) < 4.78 is 0. The van der Waals surface area contributed by atoms with Gasteiger partial charge in [0.25, 0.3) is 11.8 Å². The third kappa shape index (κ3) is 5.73. The molecule has 1 aliphatic carbocycles. The van der Waals surface area contributed by atoms with Crippen LogP contribution in [0.5, 0.6) is 0 Å². The molecule has 2 amide bonds. The number of carbonyl (C=O) groups is 2. The Kier molecular flexibility index (Phi) is 8.81. The summed E-state index contributed by atoms with van der Waals surface area (Å²) >= 11 is 1.31. The van der Waals surface area contributed by atoms with Gasteiger partial charge in [-0.2, -0.15) is 0 Å². The maximum atomic E-state index is 13.4. The quantitative estimate of drug-likeness (QED) is 0.675. The monoisotopic (exact) mass is 415 g/mol. The summed E-state index contributed by atoms with van der Waals surface area (Å²) in [5, 5.41) is 9.27. The number of thioether (sulfide) groups is 1. The zero-order valence-electron chi connectivity index (χ0n) is 17.3. The van der Waals surface area contributed by atoms with Gasteiger partial charge in [-0.15, -0.1) is 11.8 Å². The van der Waals surface area contributed by atoms with Crippen molar-refractivity contribution < 1.29 is 14.7 Å². The molecule has 1 aliphatic heterocycles. The lowest BCUT2D eigenvalue weighted by Gasteiger charge is -2.27. The standard InChI is InChI=1S/C24H33NO3S/c26-17-18-29-22-21(19-13-9-8-10-14-19)23(27)25(24(22)28)20-15-11-6-4-2-1-3-5-7-12-16-20/h8-10,13-14,20,26H,1-7,11-12,15-18H2. The van der Waals surface area contributed by atoms with Crippen molar-refractivity contribution in [3.05, 3.63) is 40.8 Å². The van der Waals surface area contributed by atoms with E-state index in [2.05, 4.69) is 0 Å². The molecule has 4 nitrogen and oxygen atoms in total. The molecule has 1 saturated carbocycles. The van der Waals surface area contributed by atoms with Crippen LogP contribution in [0.2, 0.25) is 0 Å². The van der Waals surface area contributed by atoms with Gasteiger partial charge in [-0.3, -0.25) is 14.5 Å². The molecule has 0 bridgehead atoms. The van der Waals surface area contributed by atoms with Gasteiger partial charge in [-0.05, 0) is 18.4 Å². The van der Waals surface area contributed by atoms with E-state index in [0.29, 0.717) is 16.2 Å². The maximum absolute atomic E-state index is 13.4. The van der Waals surface area contributed by atoms with Crippen molar-refractivity contribution in [1.82, 2.24) is 4.90 Å². The molecule has 0 spiro atoms. The minimum absolute atomic E-state index is 0.0128. The predicted octanol–water partition coefficient (Wildman–Crippen LogP) is 5.17. The second-order valence-electron chi connectivity index (χ2n) is 8.04. The number of hydrogen-bond acceptors (Lipinski definition) is 4. The number of carbonyl (C=O) groups excluding carboxylic acids is 2. The molecule has 5 heteroatoms. The average molecular weight is 416 g/mol. The molecule has 0 radical (unpaired) electrons. The highest BCUT2D eigenvalue weighted by Crippen LogP contribution is 2.38. The zero-order valence-corrected chi connectivity index (χ0v) is 18.1. The number of imide groups is 1. The van der Waals surface area contributed by atoms with Crippen molar-refractivity contribution in [2.45, 2.75) is 76.7 Å². The summed E-state index contributed by atoms with van der Waals surface area (Å²) in [5.41, 5.74) is 1.31. The third-order valence-electron chi connectivity index (χ3n) is 5.91. The van der Waals surface area contributed by atoms with Crippen LogP contribution in [0, 0.1) is 0 Å². The molecule has 1 aromatic rings. The normalized spacial score (nSPS) is 20.7. The highest BCUT2D eigenvalue weighted by Gasteiger charge is 2.42. The summed E-state index contributed by atoms with van der Waals surface area (Å²) in [6.45, 7) is -0.0128. The van der Waals surface area contributed by atoms with Crippen LogP contribution in [0.1, 0.15) is 76.2 Å². The van der Waals surface area contributed by atoms with E-state index >= 15 is 0 Å². The molecule has 158 valence electrons. The van der Waals surface area contributed by atoms with E-state index in [9.17, 15) is 14.7 Å². The van der Waals surface area contributed by atoms with Gasteiger partial charge in [0.2, 0.25) is 0 Å². The molecular weight excluding hydrogens is 382 g/mol. The van der Waals surface area contributed by atoms with E-state index in [-0.39, 0.29) is 24.5 Å². The fourth-order valence-electron chi connectivity index (χ4n) is 4.40. The van der Waals surface area contributed by atoms with Crippen molar-refractivity contribution in [2.75, 3.05) is 12.4 Å². The Balaban J connectivity index is 1.82. The predicted molar refractivity (Wildman–Crippen MR) is 119 cm³/mol. The van der Waals surface area contributed by atoms with E-state index in [0.717, 1.165) is 31.2 Å². The lowest BCUT2D eigenvalue weighted by atomic mass is 9.96. The van der Waals surface area contributed by atoms with Gasteiger partial charge < -0.3 is 5.11 Å². The first-order valence-electron chi connectivity index (χ1n) is 11.1. The molecule has 1 aromatic carbocycles. The van der Waals surface area contributed by atoms with Crippen molar-refractivity contribution in [3.63, 3.8) is 0 Å². The van der Waals surface area contributed by atoms with Crippen LogP contribution in [0.25, 0.3) is 5.57 Å². The van der Waals surface area contributed by atoms with Gasteiger partial charge in [-0.25, -0.2) is 0 Å². The van der Waals surface area contributed by atoms with Crippen LogP contribution in [0.4, 0.5) is 0 Å². The number of amides is 2. The molecule has 0 saturated heterocycles. The molecule has 0 atom stereocenters. The SMILES string of the molecule is O=C1C(SCCO)=C(c2ccccc2)C(=O)N1C1CCCCCCCCCCC1. The second-order valence-corrected chi connectivity index (χ2v) is 9.14. The van der Waals surface area contributed by atoms with Crippen molar-refractivity contribution in [1.29, 1.82) is 0 Å². The lowest BCUT2D eigenvalue weighted by Crippen LogP contribution is -2.41. The largest absolute Gasteiger partial charge is 0.396 e. The number of aliphatic hydroxyl groups is 1. The summed E-state index contributed by atoms with van der Waals surface area (Å²) in [6, 6.07) is 9.48. The summed E-state index contributed by atoms with van der Waals surface area (Å²) in [6.07, 6.45) is 12.7. The molecule has 2 aliphatic rings. The van der Waals surface area contributed by atoms with E-state index in [4.69, 9.17) is 0 Å². The van der Waals surface area contributed by atoms with Crippen LogP contribution in [-0.4, -0.2) is 40.2 Å². The van der Waals surface area contributed by atoms with Gasteiger partial charge in [-0.1, -0.05) is 88.1 Å². The Morgan fingerprint density at radius 3 is 1.93 bits per heavy atom. The summed E-state index contributed by atoms with van der Waals surface area (Å²) in [7, 11) is 0. The molecule has 1 heterocycles. The Morgan fingerprint density at radius 1 is 0.828 bits per heavy atom. The molecule has 29 heavy (non-hydrogen) atoms. The fourth-order valence-corrected chi connectivity index (χ4v) is 5.27. The molecule has 0 unspecified atom stereocenters. The van der Waals surface area contributed by atoms with Gasteiger partial charge >= 0.3 is 0 Å². The molecule has 3 rings (SSSR count). The molecule has 1 N–H and O–H groups in total. The fraction of sp³-hybridized carbons (Fsp3) is 0.583. The highest BCUT2D eigenvalue weighted by molar-refractivity contribution is 8.04. The average Bonchev–Trinajstić information content (AvgIpc) is 2.97. The molecule has 0 aromatic heterocycles. The first kappa shape index (κ1) is 22.1. The van der Waals surface area contributed by atoms with Crippen LogP contribution < -0.4 is 0 Å². The first-order valence-corrected chi connectivity index (χ1v) is 12.1. The topological polar surface area (TPSA) is 57.6 Å². The number of benzene rings is 1. The van der Waals surface area contributed by atoms with Gasteiger partial charge in [0.05, 0.1) is 17.1 Å². The number of aliphatic hydroxyl groups excluding tert-OH is 1. The summed E-state index contributed by atoms with van der Waals surface area (Å²) in [5.74, 6) is 0.103. The Labute approximate surface area is 178 Å². The highest BCUT2D eigenvalue weighted by atomic mass is 32.2. The van der Waals surface area contributed by atoms with Crippen LogP contribution >= 0.6 is 11.8 Å². The van der Waals surface area contributed by atoms with Gasteiger partial charge in [0.1, 0.15) is 0 Å². The van der Waals surface area contributed by atoms with E-state index in [1.165, 1.54) is 56.7 Å². The molecular formula is C24H33NO3S. The number of nitrogens with zero attached hydrogens (tertiary/aromatic N) is 1.